The first-order chi connectivity index (χ1) is 9.55. The molecule has 0 amide bonds. The van der Waals surface area contributed by atoms with Gasteiger partial charge in [0.25, 0.3) is 0 Å². The number of aliphatic hydroxyl groups is 1. The van der Waals surface area contributed by atoms with Gasteiger partial charge in [-0.1, -0.05) is 30.3 Å². The first kappa shape index (κ1) is 15.1. The second-order valence-electron chi connectivity index (χ2n) is 5.39. The molecule has 1 heterocycles. The topological polar surface area (TPSA) is 38.0 Å². The average molecular weight is 293 g/mol. The van der Waals surface area contributed by atoms with Crippen LogP contribution in [-0.2, 0) is 12.0 Å². The highest BCUT2D eigenvalue weighted by atomic mass is 35.5. The van der Waals surface area contributed by atoms with E-state index in [1.54, 1.807) is 0 Å². The molecule has 0 aliphatic carbocycles. The van der Waals surface area contributed by atoms with Crippen molar-refractivity contribution < 1.29 is 5.11 Å². The molecule has 0 aliphatic heterocycles. The summed E-state index contributed by atoms with van der Waals surface area (Å²) in [5.41, 5.74) is 0.814. The van der Waals surface area contributed by atoms with Gasteiger partial charge in [-0.15, -0.1) is 11.6 Å². The summed E-state index contributed by atoms with van der Waals surface area (Å²) in [6.45, 7) is 4.16. The molecule has 0 saturated carbocycles. The highest BCUT2D eigenvalue weighted by Crippen LogP contribution is 2.29. The van der Waals surface area contributed by atoms with Crippen molar-refractivity contribution in [2.24, 2.45) is 0 Å². The molecular weight excluding hydrogens is 272 g/mol. The van der Waals surface area contributed by atoms with Gasteiger partial charge in [-0.3, -0.25) is 4.68 Å². The van der Waals surface area contributed by atoms with Gasteiger partial charge in [0.2, 0.25) is 0 Å². The molecule has 0 spiro atoms. The largest absolute Gasteiger partial charge is 0.385 e. The van der Waals surface area contributed by atoms with E-state index in [9.17, 15) is 5.11 Å². The summed E-state index contributed by atoms with van der Waals surface area (Å²) in [5, 5.41) is 15.5. The van der Waals surface area contributed by atoms with Crippen LogP contribution in [0.4, 0.5) is 0 Å². The summed E-state index contributed by atoms with van der Waals surface area (Å²) < 4.78 is 1.90. The van der Waals surface area contributed by atoms with Crippen LogP contribution < -0.4 is 0 Å². The molecule has 0 fully saturated rings. The number of hydrogen-bond donors (Lipinski definition) is 1. The Bertz CT molecular complexity index is 538. The zero-order valence-corrected chi connectivity index (χ0v) is 12.7. The molecular formula is C16H21ClN2O. The molecule has 3 nitrogen and oxygen atoms in total. The standard InChI is InChI=1S/C16H21ClN2O/c1-13(2)19-11-8-15(18-19)12-16(20,9-10-17)14-6-4-3-5-7-14/h3-8,11,13,20H,9-10,12H2,1-2H3. The Hall–Kier alpha value is -1.32. The van der Waals surface area contributed by atoms with Crippen molar-refractivity contribution >= 4 is 11.6 Å². The number of aromatic nitrogens is 2. The van der Waals surface area contributed by atoms with E-state index in [2.05, 4.69) is 18.9 Å². The zero-order chi connectivity index (χ0) is 14.6. The Kier molecular flexibility index (Phi) is 4.84. The van der Waals surface area contributed by atoms with E-state index in [-0.39, 0.29) is 0 Å². The van der Waals surface area contributed by atoms with Crippen LogP contribution in [0.1, 0.15) is 37.6 Å². The fourth-order valence-electron chi connectivity index (χ4n) is 2.30. The maximum absolute atomic E-state index is 11.0. The van der Waals surface area contributed by atoms with Crippen LogP contribution >= 0.6 is 11.6 Å². The van der Waals surface area contributed by atoms with Crippen LogP contribution in [0.5, 0.6) is 0 Å². The summed E-state index contributed by atoms with van der Waals surface area (Å²) in [7, 11) is 0. The molecule has 20 heavy (non-hydrogen) atoms. The summed E-state index contributed by atoms with van der Waals surface area (Å²) in [6, 6.07) is 12.0. The Morgan fingerprint density at radius 1 is 1.25 bits per heavy atom. The van der Waals surface area contributed by atoms with Crippen molar-refractivity contribution in [1.29, 1.82) is 0 Å². The molecule has 108 valence electrons. The Morgan fingerprint density at radius 3 is 2.50 bits per heavy atom. The van der Waals surface area contributed by atoms with E-state index >= 15 is 0 Å². The van der Waals surface area contributed by atoms with Gasteiger partial charge in [0.15, 0.2) is 0 Å². The fourth-order valence-corrected chi connectivity index (χ4v) is 2.61. The van der Waals surface area contributed by atoms with Crippen molar-refractivity contribution in [2.75, 3.05) is 5.88 Å². The lowest BCUT2D eigenvalue weighted by Gasteiger charge is -2.27. The van der Waals surface area contributed by atoms with Gasteiger partial charge in [-0.05, 0) is 31.9 Å². The monoisotopic (exact) mass is 292 g/mol. The Morgan fingerprint density at radius 2 is 1.95 bits per heavy atom. The molecule has 1 N–H and O–H groups in total. The minimum atomic E-state index is -0.959. The Balaban J connectivity index is 2.24. The lowest BCUT2D eigenvalue weighted by atomic mass is 9.87. The zero-order valence-electron chi connectivity index (χ0n) is 12.0. The highest BCUT2D eigenvalue weighted by Gasteiger charge is 2.29. The van der Waals surface area contributed by atoms with Gasteiger partial charge < -0.3 is 5.11 Å². The second-order valence-corrected chi connectivity index (χ2v) is 5.77. The van der Waals surface area contributed by atoms with Gasteiger partial charge in [0.1, 0.15) is 0 Å². The number of hydrogen-bond acceptors (Lipinski definition) is 2. The first-order valence-electron chi connectivity index (χ1n) is 6.93. The normalized spacial score (nSPS) is 14.4. The van der Waals surface area contributed by atoms with Gasteiger partial charge in [-0.2, -0.15) is 5.10 Å². The lowest BCUT2D eigenvalue weighted by molar-refractivity contribution is 0.0325. The predicted molar refractivity (Wildman–Crippen MR) is 82.0 cm³/mol. The molecule has 1 aromatic carbocycles. The molecule has 0 aliphatic rings. The molecule has 1 unspecified atom stereocenters. The SMILES string of the molecule is CC(C)n1ccc(CC(O)(CCCl)c2ccccc2)n1. The number of halogens is 1. The summed E-state index contributed by atoms with van der Waals surface area (Å²) in [4.78, 5) is 0. The van der Waals surface area contributed by atoms with Crippen LogP contribution in [0.15, 0.2) is 42.6 Å². The maximum Gasteiger partial charge on any atom is 0.0963 e. The third-order valence-electron chi connectivity index (χ3n) is 3.49. The van der Waals surface area contributed by atoms with Gasteiger partial charge in [-0.25, -0.2) is 0 Å². The van der Waals surface area contributed by atoms with Crippen molar-refractivity contribution in [3.63, 3.8) is 0 Å². The van der Waals surface area contributed by atoms with Crippen molar-refractivity contribution in [1.82, 2.24) is 9.78 Å². The molecule has 0 radical (unpaired) electrons. The third kappa shape index (κ3) is 3.41. The minimum absolute atomic E-state index is 0.321. The quantitative estimate of drug-likeness (QED) is 0.827. The van der Waals surface area contributed by atoms with Crippen LogP contribution in [0.3, 0.4) is 0 Å². The molecule has 4 heteroatoms. The van der Waals surface area contributed by atoms with Gasteiger partial charge in [0.05, 0.1) is 11.3 Å². The number of alkyl halides is 1. The predicted octanol–water partition coefficient (Wildman–Crippen LogP) is 3.52. The van der Waals surface area contributed by atoms with Crippen LogP contribution in [0, 0.1) is 0 Å². The molecule has 0 saturated heterocycles. The third-order valence-corrected chi connectivity index (χ3v) is 3.67. The van der Waals surface area contributed by atoms with Crippen molar-refractivity contribution in [2.45, 2.75) is 38.3 Å². The summed E-state index contributed by atoms with van der Waals surface area (Å²) in [5.74, 6) is 0.413. The lowest BCUT2D eigenvalue weighted by Crippen LogP contribution is -2.29. The summed E-state index contributed by atoms with van der Waals surface area (Å²) in [6.07, 6.45) is 2.93. The van der Waals surface area contributed by atoms with E-state index < -0.39 is 5.60 Å². The second kappa shape index (κ2) is 6.42. The highest BCUT2D eigenvalue weighted by molar-refractivity contribution is 6.17. The number of benzene rings is 1. The maximum atomic E-state index is 11.0. The van der Waals surface area contributed by atoms with Crippen molar-refractivity contribution in [3.8, 4) is 0 Å². The van der Waals surface area contributed by atoms with Gasteiger partial charge >= 0.3 is 0 Å². The molecule has 0 bridgehead atoms. The summed E-state index contributed by atoms with van der Waals surface area (Å²) >= 11 is 5.87. The fraction of sp³-hybridized carbons (Fsp3) is 0.438. The van der Waals surface area contributed by atoms with E-state index in [1.807, 2.05) is 47.3 Å². The number of rotatable bonds is 6. The average Bonchev–Trinajstić information content (AvgIpc) is 2.88. The molecule has 2 rings (SSSR count). The molecule has 1 atom stereocenters. The van der Waals surface area contributed by atoms with E-state index in [1.165, 1.54) is 0 Å². The van der Waals surface area contributed by atoms with Crippen LogP contribution in [-0.4, -0.2) is 20.8 Å². The molecule has 1 aromatic heterocycles. The van der Waals surface area contributed by atoms with E-state index in [0.717, 1.165) is 11.3 Å². The van der Waals surface area contributed by atoms with Crippen LogP contribution in [0.25, 0.3) is 0 Å². The smallest absolute Gasteiger partial charge is 0.0963 e. The minimum Gasteiger partial charge on any atom is -0.385 e. The molecule has 2 aromatic rings. The number of nitrogens with zero attached hydrogens (tertiary/aromatic N) is 2. The van der Waals surface area contributed by atoms with E-state index in [0.29, 0.717) is 24.8 Å². The van der Waals surface area contributed by atoms with E-state index in [4.69, 9.17) is 11.6 Å². The Labute approximate surface area is 125 Å². The first-order valence-corrected chi connectivity index (χ1v) is 7.46. The van der Waals surface area contributed by atoms with Crippen LogP contribution in [0.2, 0.25) is 0 Å². The van der Waals surface area contributed by atoms with Crippen molar-refractivity contribution in [3.05, 3.63) is 53.9 Å². The van der Waals surface area contributed by atoms with Gasteiger partial charge in [0, 0.05) is 24.5 Å².